The van der Waals surface area contributed by atoms with Crippen molar-refractivity contribution in [3.63, 3.8) is 0 Å². The number of carbonyl (C=O) groups is 1. The second-order valence-electron chi connectivity index (χ2n) is 5.74. The molecule has 23 heavy (non-hydrogen) atoms. The van der Waals surface area contributed by atoms with Gasteiger partial charge in [-0.1, -0.05) is 60.2 Å². The van der Waals surface area contributed by atoms with Crippen molar-refractivity contribution in [1.29, 1.82) is 0 Å². The average molecular weight is 320 g/mol. The fraction of sp³-hybridized carbons (Fsp3) is 0.278. The Morgan fingerprint density at radius 3 is 2.22 bits per heavy atom. The largest absolute Gasteiger partial charge is 0.444 e. The Balaban J connectivity index is 2.21. The number of carbonyl (C=O) groups excluding carboxylic acids is 1. The first-order chi connectivity index (χ1) is 10.8. The first-order valence-electron chi connectivity index (χ1n) is 7.25. The van der Waals surface area contributed by atoms with E-state index >= 15 is 0 Å². The lowest BCUT2D eigenvalue weighted by atomic mass is 9.76. The quantitative estimate of drug-likeness (QED) is 0.763. The summed E-state index contributed by atoms with van der Waals surface area (Å²) in [6.07, 6.45) is -5.01. The third-order valence-electron chi connectivity index (χ3n) is 4.24. The molecule has 120 valence electrons. The molecule has 2 atom stereocenters. The minimum absolute atomic E-state index is 0.0460. The van der Waals surface area contributed by atoms with Crippen LogP contribution in [-0.4, -0.2) is 12.1 Å². The molecule has 0 unspecified atom stereocenters. The van der Waals surface area contributed by atoms with Crippen LogP contribution in [0, 0.1) is 6.92 Å². The van der Waals surface area contributed by atoms with E-state index in [1.807, 2.05) is 0 Å². The van der Waals surface area contributed by atoms with Gasteiger partial charge in [-0.3, -0.25) is 4.79 Å². The number of ether oxygens (including phenoxy) is 1. The number of esters is 1. The van der Waals surface area contributed by atoms with Crippen molar-refractivity contribution in [2.24, 2.45) is 0 Å². The molecule has 3 rings (SSSR count). The highest BCUT2D eigenvalue weighted by Gasteiger charge is 2.67. The van der Waals surface area contributed by atoms with Crippen molar-refractivity contribution in [3.05, 3.63) is 71.3 Å². The maximum absolute atomic E-state index is 14.0. The molecular weight excluding hydrogens is 305 g/mol. The lowest BCUT2D eigenvalue weighted by Crippen LogP contribution is -2.46. The summed E-state index contributed by atoms with van der Waals surface area (Å²) in [5.41, 5.74) is -1.41. The van der Waals surface area contributed by atoms with E-state index in [0.717, 1.165) is 5.56 Å². The SMILES string of the molecule is Cc1ccc([C@@]2(C(F)(F)F)OC(=O)C[C@H]2c2ccccc2)cc1. The van der Waals surface area contributed by atoms with Gasteiger partial charge in [0.05, 0.1) is 6.42 Å². The fourth-order valence-electron chi connectivity index (χ4n) is 3.12. The molecule has 0 aliphatic carbocycles. The van der Waals surface area contributed by atoms with Crippen molar-refractivity contribution in [3.8, 4) is 0 Å². The van der Waals surface area contributed by atoms with Crippen molar-refractivity contribution >= 4 is 5.97 Å². The number of hydrogen-bond acceptors (Lipinski definition) is 2. The zero-order valence-electron chi connectivity index (χ0n) is 12.4. The Morgan fingerprint density at radius 2 is 1.65 bits per heavy atom. The van der Waals surface area contributed by atoms with Crippen molar-refractivity contribution < 1.29 is 22.7 Å². The molecule has 1 fully saturated rings. The van der Waals surface area contributed by atoms with E-state index in [0.29, 0.717) is 5.56 Å². The third kappa shape index (κ3) is 2.50. The van der Waals surface area contributed by atoms with Crippen LogP contribution in [-0.2, 0) is 15.1 Å². The predicted molar refractivity (Wildman–Crippen MR) is 78.8 cm³/mol. The summed E-state index contributed by atoms with van der Waals surface area (Å²) in [6, 6.07) is 14.2. The molecule has 1 aliphatic heterocycles. The molecule has 0 aromatic heterocycles. The molecule has 0 N–H and O–H groups in total. The first-order valence-corrected chi connectivity index (χ1v) is 7.25. The number of aryl methyl sites for hydroxylation is 1. The van der Waals surface area contributed by atoms with Crippen LogP contribution in [0.2, 0.25) is 0 Å². The molecule has 0 bridgehead atoms. The van der Waals surface area contributed by atoms with Gasteiger partial charge in [0.25, 0.3) is 0 Å². The smallest absolute Gasteiger partial charge is 0.433 e. The van der Waals surface area contributed by atoms with Crippen molar-refractivity contribution in [2.45, 2.75) is 31.0 Å². The Kier molecular flexibility index (Phi) is 3.66. The lowest BCUT2D eigenvalue weighted by molar-refractivity contribution is -0.269. The number of rotatable bonds is 2. The molecule has 0 saturated carbocycles. The van der Waals surface area contributed by atoms with Gasteiger partial charge in [-0.2, -0.15) is 13.2 Å². The van der Waals surface area contributed by atoms with E-state index in [1.165, 1.54) is 12.1 Å². The fourth-order valence-corrected chi connectivity index (χ4v) is 3.12. The summed E-state index contributed by atoms with van der Waals surface area (Å²) in [5.74, 6) is -1.93. The van der Waals surface area contributed by atoms with Crippen LogP contribution >= 0.6 is 0 Å². The summed E-state index contributed by atoms with van der Waals surface area (Å²) in [7, 11) is 0. The molecule has 2 aromatic rings. The van der Waals surface area contributed by atoms with Crippen LogP contribution < -0.4 is 0 Å². The minimum Gasteiger partial charge on any atom is -0.444 e. The highest BCUT2D eigenvalue weighted by atomic mass is 19.4. The van der Waals surface area contributed by atoms with Gasteiger partial charge < -0.3 is 4.74 Å². The van der Waals surface area contributed by atoms with Crippen LogP contribution in [0.25, 0.3) is 0 Å². The van der Waals surface area contributed by atoms with Crippen molar-refractivity contribution in [1.82, 2.24) is 0 Å². The maximum atomic E-state index is 14.0. The van der Waals surface area contributed by atoms with Gasteiger partial charge in [-0.25, -0.2) is 0 Å². The van der Waals surface area contributed by atoms with Crippen LogP contribution in [0.5, 0.6) is 0 Å². The van der Waals surface area contributed by atoms with Crippen LogP contribution in [0.1, 0.15) is 29.0 Å². The molecule has 1 heterocycles. The second kappa shape index (κ2) is 5.41. The standard InChI is InChI=1S/C18H15F3O2/c1-12-7-9-14(10-8-12)17(18(19,20)21)15(11-16(22)23-17)13-5-3-2-4-6-13/h2-10,15H,11H2,1H3/t15-,17+/m0/s1. The molecule has 0 spiro atoms. The van der Waals surface area contributed by atoms with E-state index in [9.17, 15) is 18.0 Å². The Labute approximate surface area is 131 Å². The normalized spacial score (nSPS) is 24.5. The highest BCUT2D eigenvalue weighted by Crippen LogP contribution is 2.56. The van der Waals surface area contributed by atoms with E-state index in [4.69, 9.17) is 4.74 Å². The summed E-state index contributed by atoms with van der Waals surface area (Å²) in [4.78, 5) is 11.8. The molecule has 5 heteroatoms. The zero-order chi connectivity index (χ0) is 16.7. The van der Waals surface area contributed by atoms with Gasteiger partial charge in [-0.05, 0) is 12.5 Å². The number of hydrogen-bond donors (Lipinski definition) is 0. The molecule has 1 aliphatic rings. The number of halogens is 3. The number of benzene rings is 2. The number of cyclic esters (lactones) is 1. The summed E-state index contributed by atoms with van der Waals surface area (Å²) < 4.78 is 47.0. The van der Waals surface area contributed by atoms with Gasteiger partial charge >= 0.3 is 12.1 Å². The van der Waals surface area contributed by atoms with Gasteiger partial charge in [-0.15, -0.1) is 0 Å². The maximum Gasteiger partial charge on any atom is 0.433 e. The average Bonchev–Trinajstić information content (AvgIpc) is 2.87. The van der Waals surface area contributed by atoms with Gasteiger partial charge in [0, 0.05) is 11.5 Å². The third-order valence-corrected chi connectivity index (χ3v) is 4.24. The Hall–Kier alpha value is -2.30. The zero-order valence-corrected chi connectivity index (χ0v) is 12.4. The molecular formula is C18H15F3O2. The van der Waals surface area contributed by atoms with Gasteiger partial charge in [0.2, 0.25) is 5.60 Å². The minimum atomic E-state index is -4.71. The van der Waals surface area contributed by atoms with Gasteiger partial charge in [0.1, 0.15) is 0 Å². The van der Waals surface area contributed by atoms with E-state index < -0.39 is 23.7 Å². The predicted octanol–water partition coefficient (Wildman–Crippen LogP) is 4.48. The van der Waals surface area contributed by atoms with E-state index in [1.54, 1.807) is 49.4 Å². The van der Waals surface area contributed by atoms with Crippen LogP contribution in [0.15, 0.2) is 54.6 Å². The van der Waals surface area contributed by atoms with Crippen molar-refractivity contribution in [2.75, 3.05) is 0 Å². The van der Waals surface area contributed by atoms with Crippen LogP contribution in [0.4, 0.5) is 13.2 Å². The Morgan fingerprint density at radius 1 is 1.04 bits per heavy atom. The molecule has 0 radical (unpaired) electrons. The van der Waals surface area contributed by atoms with Crippen LogP contribution in [0.3, 0.4) is 0 Å². The summed E-state index contributed by atoms with van der Waals surface area (Å²) in [6.45, 7) is 1.79. The van der Waals surface area contributed by atoms with E-state index in [-0.39, 0.29) is 12.0 Å². The topological polar surface area (TPSA) is 26.3 Å². The van der Waals surface area contributed by atoms with E-state index in [2.05, 4.69) is 0 Å². The molecule has 2 nitrogen and oxygen atoms in total. The first kappa shape index (κ1) is 15.6. The molecule has 2 aromatic carbocycles. The molecule has 0 amide bonds. The van der Waals surface area contributed by atoms with Gasteiger partial charge in [0.15, 0.2) is 0 Å². The summed E-state index contributed by atoms with van der Waals surface area (Å²) in [5, 5.41) is 0. The number of alkyl halides is 3. The lowest BCUT2D eigenvalue weighted by Gasteiger charge is -2.36. The monoisotopic (exact) mass is 320 g/mol. The Bertz CT molecular complexity index is 707. The summed E-state index contributed by atoms with van der Waals surface area (Å²) >= 11 is 0. The second-order valence-corrected chi connectivity index (χ2v) is 5.74. The highest BCUT2D eigenvalue weighted by molar-refractivity contribution is 5.75. The molecule has 1 saturated heterocycles.